The largest absolute Gasteiger partial charge is 0.506 e. The quantitative estimate of drug-likeness (QED) is 0.401. The van der Waals surface area contributed by atoms with Gasteiger partial charge >= 0.3 is 0 Å². The standard InChI is InChI=1S/C27H25N3O2S2/c1-29-20-13-7-8-14-22(20)33-26(29)24-25(32)30(18-10-3-2-4-11-18)27(34-24)28-23-19-12-6-5-9-17(19)15-16-21(23)31/h5-9,12-16,18,31H,2-4,10-11H2,1H3/b26-24+,28-27?. The second-order valence-electron chi connectivity index (χ2n) is 8.88. The number of carbonyl (C=O) groups excluding carboxylic acids is 1. The number of fused-ring (bicyclic) bond motifs is 2. The van der Waals surface area contributed by atoms with Crippen LogP contribution in [0, 0.1) is 0 Å². The second kappa shape index (κ2) is 8.71. The van der Waals surface area contributed by atoms with Gasteiger partial charge in [-0.05, 0) is 48.2 Å². The Morgan fingerprint density at radius 1 is 0.941 bits per heavy atom. The fraction of sp³-hybridized carbons (Fsp3) is 0.259. The Hall–Kier alpha value is -2.90. The number of hydrogen-bond acceptors (Lipinski definition) is 6. The third-order valence-electron chi connectivity index (χ3n) is 6.77. The van der Waals surface area contributed by atoms with Gasteiger partial charge in [0, 0.05) is 23.4 Å². The lowest BCUT2D eigenvalue weighted by molar-refractivity contribution is -0.124. The predicted molar refractivity (Wildman–Crippen MR) is 142 cm³/mol. The number of thioether (sulfide) groups is 2. The summed E-state index contributed by atoms with van der Waals surface area (Å²) in [5.74, 6) is 0.154. The van der Waals surface area contributed by atoms with E-state index in [0.29, 0.717) is 15.8 Å². The number of aliphatic imine (C=N–C) groups is 1. The third-order valence-corrected chi connectivity index (χ3v) is 9.18. The first-order valence-electron chi connectivity index (χ1n) is 11.7. The molecule has 3 aromatic carbocycles. The van der Waals surface area contributed by atoms with Crippen LogP contribution in [0.4, 0.5) is 11.4 Å². The maximum atomic E-state index is 13.9. The van der Waals surface area contributed by atoms with Crippen LogP contribution in [-0.2, 0) is 4.79 Å². The monoisotopic (exact) mass is 487 g/mol. The fourth-order valence-corrected chi connectivity index (χ4v) is 7.40. The highest BCUT2D eigenvalue weighted by Crippen LogP contribution is 2.51. The minimum absolute atomic E-state index is 0.0255. The smallest absolute Gasteiger partial charge is 0.269 e. The number of amidine groups is 1. The van der Waals surface area contributed by atoms with Crippen LogP contribution >= 0.6 is 23.5 Å². The van der Waals surface area contributed by atoms with E-state index in [9.17, 15) is 9.90 Å². The van der Waals surface area contributed by atoms with Crippen LogP contribution in [0.15, 0.2) is 80.5 Å². The molecular weight excluding hydrogens is 462 g/mol. The molecule has 0 aromatic heterocycles. The average molecular weight is 488 g/mol. The number of benzene rings is 3. The van der Waals surface area contributed by atoms with Gasteiger partial charge in [0.25, 0.3) is 5.91 Å². The molecular formula is C27H25N3O2S2. The van der Waals surface area contributed by atoms with Gasteiger partial charge in [-0.15, -0.1) is 0 Å². The SMILES string of the molecule is CN1/C(=C2\SC(=Nc3c(O)ccc4ccccc34)N(C3CCCCC3)C2=O)Sc2ccccc21. The van der Waals surface area contributed by atoms with Crippen molar-refractivity contribution >= 4 is 56.7 Å². The summed E-state index contributed by atoms with van der Waals surface area (Å²) in [5, 5.41) is 14.2. The van der Waals surface area contributed by atoms with E-state index in [4.69, 9.17) is 4.99 Å². The molecule has 0 unspecified atom stereocenters. The van der Waals surface area contributed by atoms with Gasteiger partial charge in [0.2, 0.25) is 0 Å². The molecule has 2 fully saturated rings. The van der Waals surface area contributed by atoms with Crippen molar-refractivity contribution in [3.05, 3.63) is 70.6 Å². The second-order valence-corrected chi connectivity index (χ2v) is 10.9. The molecule has 1 saturated heterocycles. The highest BCUT2D eigenvalue weighted by Gasteiger charge is 2.42. The van der Waals surface area contributed by atoms with E-state index in [1.807, 2.05) is 54.4 Å². The molecule has 1 aliphatic carbocycles. The average Bonchev–Trinajstić information content (AvgIpc) is 3.37. The number of nitrogens with zero attached hydrogens (tertiary/aromatic N) is 3. The minimum Gasteiger partial charge on any atom is -0.506 e. The summed E-state index contributed by atoms with van der Waals surface area (Å²) >= 11 is 3.08. The van der Waals surface area contributed by atoms with Gasteiger partial charge in [0.05, 0.1) is 10.7 Å². The van der Waals surface area contributed by atoms with Gasteiger partial charge in [0.15, 0.2) is 5.17 Å². The van der Waals surface area contributed by atoms with Crippen molar-refractivity contribution in [2.24, 2.45) is 4.99 Å². The van der Waals surface area contributed by atoms with Crippen LogP contribution in [0.3, 0.4) is 0 Å². The Balaban J connectivity index is 1.48. The van der Waals surface area contributed by atoms with E-state index >= 15 is 0 Å². The Bertz CT molecular complexity index is 1360. The van der Waals surface area contributed by atoms with E-state index in [-0.39, 0.29) is 17.7 Å². The summed E-state index contributed by atoms with van der Waals surface area (Å²) in [4.78, 5) is 24.7. The van der Waals surface area contributed by atoms with Gasteiger partial charge in [-0.2, -0.15) is 0 Å². The highest BCUT2D eigenvalue weighted by molar-refractivity contribution is 8.19. The Labute approximate surface area is 207 Å². The number of anilines is 1. The number of amides is 1. The number of carbonyl (C=O) groups is 1. The van der Waals surface area contributed by atoms with Crippen molar-refractivity contribution in [2.45, 2.75) is 43.0 Å². The molecule has 1 N–H and O–H groups in total. The molecule has 3 aliphatic rings. The lowest BCUT2D eigenvalue weighted by Gasteiger charge is -2.30. The van der Waals surface area contributed by atoms with Crippen molar-refractivity contribution in [1.82, 2.24) is 4.90 Å². The first kappa shape index (κ1) is 21.6. The van der Waals surface area contributed by atoms with Gasteiger partial charge in [0.1, 0.15) is 16.3 Å². The zero-order valence-corrected chi connectivity index (χ0v) is 20.5. The van der Waals surface area contributed by atoms with Gasteiger partial charge < -0.3 is 10.0 Å². The molecule has 34 heavy (non-hydrogen) atoms. The lowest BCUT2D eigenvalue weighted by Crippen LogP contribution is -2.40. The number of phenolic OH excluding ortho intramolecular Hbond substituents is 1. The number of phenols is 1. The predicted octanol–water partition coefficient (Wildman–Crippen LogP) is 6.85. The molecule has 1 amide bonds. The molecule has 7 heteroatoms. The van der Waals surface area contributed by atoms with Crippen LogP contribution < -0.4 is 4.90 Å². The van der Waals surface area contributed by atoms with Crippen molar-refractivity contribution in [2.75, 3.05) is 11.9 Å². The zero-order chi connectivity index (χ0) is 23.2. The zero-order valence-electron chi connectivity index (χ0n) is 18.9. The third kappa shape index (κ3) is 3.58. The molecule has 0 radical (unpaired) electrons. The maximum Gasteiger partial charge on any atom is 0.269 e. The van der Waals surface area contributed by atoms with E-state index in [2.05, 4.69) is 17.0 Å². The van der Waals surface area contributed by atoms with Gasteiger partial charge in [-0.1, -0.05) is 73.5 Å². The number of hydrogen-bond donors (Lipinski definition) is 1. The fourth-order valence-electron chi connectivity index (χ4n) is 5.01. The van der Waals surface area contributed by atoms with E-state index in [0.717, 1.165) is 52.1 Å². The minimum atomic E-state index is 0.0255. The molecule has 2 heterocycles. The summed E-state index contributed by atoms with van der Waals surface area (Å²) in [6.07, 6.45) is 5.43. The molecule has 0 spiro atoms. The molecule has 6 rings (SSSR count). The number of aromatic hydroxyl groups is 1. The Morgan fingerprint density at radius 2 is 1.71 bits per heavy atom. The van der Waals surface area contributed by atoms with Gasteiger partial charge in [-0.3, -0.25) is 9.69 Å². The van der Waals surface area contributed by atoms with Crippen LogP contribution in [0.1, 0.15) is 32.1 Å². The first-order chi connectivity index (χ1) is 16.6. The van der Waals surface area contributed by atoms with Crippen LogP contribution in [0.5, 0.6) is 5.75 Å². The summed E-state index contributed by atoms with van der Waals surface area (Å²) in [7, 11) is 2.02. The normalized spacial score (nSPS) is 22.3. The molecule has 172 valence electrons. The highest BCUT2D eigenvalue weighted by atomic mass is 32.2. The van der Waals surface area contributed by atoms with Crippen LogP contribution in [0.25, 0.3) is 10.8 Å². The van der Waals surface area contributed by atoms with Crippen molar-refractivity contribution in [1.29, 1.82) is 0 Å². The van der Waals surface area contributed by atoms with Crippen molar-refractivity contribution in [3.8, 4) is 5.75 Å². The van der Waals surface area contributed by atoms with E-state index in [1.165, 1.54) is 18.2 Å². The maximum absolute atomic E-state index is 13.9. The molecule has 0 atom stereocenters. The van der Waals surface area contributed by atoms with Crippen molar-refractivity contribution < 1.29 is 9.90 Å². The summed E-state index contributed by atoms with van der Waals surface area (Å²) in [6.45, 7) is 0. The lowest BCUT2D eigenvalue weighted by atomic mass is 9.94. The molecule has 0 bridgehead atoms. The molecule has 1 saturated carbocycles. The summed E-state index contributed by atoms with van der Waals surface area (Å²) in [5.41, 5.74) is 1.64. The molecule has 2 aliphatic heterocycles. The molecule has 3 aromatic rings. The Kier molecular flexibility index (Phi) is 5.54. The summed E-state index contributed by atoms with van der Waals surface area (Å²) in [6, 6.07) is 19.9. The van der Waals surface area contributed by atoms with Crippen molar-refractivity contribution in [3.63, 3.8) is 0 Å². The summed E-state index contributed by atoms with van der Waals surface area (Å²) < 4.78 is 0. The van der Waals surface area contributed by atoms with E-state index in [1.54, 1.807) is 17.8 Å². The Morgan fingerprint density at radius 3 is 2.53 bits per heavy atom. The van der Waals surface area contributed by atoms with Crippen LogP contribution in [-0.4, -0.2) is 34.2 Å². The first-order valence-corrected chi connectivity index (χ1v) is 13.3. The topological polar surface area (TPSA) is 56.1 Å². The number of para-hydroxylation sites is 1. The van der Waals surface area contributed by atoms with E-state index < -0.39 is 0 Å². The number of rotatable bonds is 2. The molecule has 5 nitrogen and oxygen atoms in total. The van der Waals surface area contributed by atoms with Gasteiger partial charge in [-0.25, -0.2) is 4.99 Å². The van der Waals surface area contributed by atoms with Crippen LogP contribution in [0.2, 0.25) is 0 Å².